The highest BCUT2D eigenvalue weighted by Gasteiger charge is 2.07. The van der Waals surface area contributed by atoms with Crippen molar-refractivity contribution in [2.24, 2.45) is 4.99 Å². The second-order valence-corrected chi connectivity index (χ2v) is 5.14. The van der Waals surface area contributed by atoms with Gasteiger partial charge in [0.2, 0.25) is 0 Å². The summed E-state index contributed by atoms with van der Waals surface area (Å²) in [6.07, 6.45) is 4.36. The van der Waals surface area contributed by atoms with Crippen LogP contribution in [-0.2, 0) is 0 Å². The predicted molar refractivity (Wildman–Crippen MR) is 75.5 cm³/mol. The summed E-state index contributed by atoms with van der Waals surface area (Å²) in [5.74, 6) is 0.721. The number of rotatable bonds is 1. The number of carbonyl (C=O) groups is 1. The van der Waals surface area contributed by atoms with E-state index in [1.165, 1.54) is 6.42 Å². The number of amides is 1. The Morgan fingerprint density at radius 3 is 3.00 bits per heavy atom. The van der Waals surface area contributed by atoms with Crippen LogP contribution in [0.3, 0.4) is 0 Å². The molecule has 1 amide bonds. The summed E-state index contributed by atoms with van der Waals surface area (Å²) in [4.78, 5) is 16.3. The first-order valence-electron chi connectivity index (χ1n) is 6.11. The second kappa shape index (κ2) is 6.54. The number of aliphatic imine (C=N–C) groups is 1. The van der Waals surface area contributed by atoms with Gasteiger partial charge >= 0.3 is 0 Å². The molecule has 1 aliphatic heterocycles. The van der Waals surface area contributed by atoms with Crippen molar-refractivity contribution in [3.63, 3.8) is 0 Å². The Hall–Kier alpha value is -1.36. The van der Waals surface area contributed by atoms with Crippen LogP contribution in [0, 0.1) is 0 Å². The third-order valence-corrected chi connectivity index (χ3v) is 3.27. The maximum absolute atomic E-state index is 11.9. The molecule has 1 aliphatic rings. The molecule has 0 bridgehead atoms. The van der Waals surface area contributed by atoms with Crippen molar-refractivity contribution in [2.45, 2.75) is 25.7 Å². The molecule has 0 saturated heterocycles. The van der Waals surface area contributed by atoms with Crippen LogP contribution >= 0.6 is 15.9 Å². The van der Waals surface area contributed by atoms with E-state index in [1.807, 2.05) is 12.1 Å². The topological polar surface area (TPSA) is 53.5 Å². The number of hydrogen-bond donors (Lipinski definition) is 2. The van der Waals surface area contributed by atoms with Crippen LogP contribution in [0.5, 0.6) is 0 Å². The molecule has 4 nitrogen and oxygen atoms in total. The Labute approximate surface area is 115 Å². The fraction of sp³-hybridized carbons (Fsp3) is 0.385. The van der Waals surface area contributed by atoms with E-state index in [0.29, 0.717) is 5.56 Å². The van der Waals surface area contributed by atoms with E-state index < -0.39 is 0 Å². The highest BCUT2D eigenvalue weighted by atomic mass is 79.9. The summed E-state index contributed by atoms with van der Waals surface area (Å²) >= 11 is 3.34. The summed E-state index contributed by atoms with van der Waals surface area (Å²) in [5, 5.41) is 0. The lowest BCUT2D eigenvalue weighted by molar-refractivity contribution is 0.0943. The highest BCUT2D eigenvalue weighted by molar-refractivity contribution is 9.10. The highest BCUT2D eigenvalue weighted by Crippen LogP contribution is 2.11. The minimum atomic E-state index is -0.150. The number of nitrogens with zero attached hydrogens (tertiary/aromatic N) is 1. The molecular formula is C13H16BrN3O. The maximum atomic E-state index is 11.9. The van der Waals surface area contributed by atoms with Crippen LogP contribution in [-0.4, -0.2) is 18.3 Å². The van der Waals surface area contributed by atoms with Crippen molar-refractivity contribution in [1.82, 2.24) is 10.9 Å². The number of carbonyl (C=O) groups excluding carboxylic acids is 1. The number of nitrogens with one attached hydrogen (secondary N) is 2. The largest absolute Gasteiger partial charge is 0.285 e. The van der Waals surface area contributed by atoms with E-state index >= 15 is 0 Å². The summed E-state index contributed by atoms with van der Waals surface area (Å²) in [5.41, 5.74) is 6.21. The van der Waals surface area contributed by atoms with Crippen molar-refractivity contribution in [1.29, 1.82) is 0 Å². The van der Waals surface area contributed by atoms with Crippen LogP contribution in [0.2, 0.25) is 0 Å². The van der Waals surface area contributed by atoms with E-state index in [-0.39, 0.29) is 5.91 Å². The molecule has 0 unspecified atom stereocenters. The molecule has 2 rings (SSSR count). The molecule has 1 aromatic rings. The first-order valence-corrected chi connectivity index (χ1v) is 6.90. The average Bonchev–Trinajstić information content (AvgIpc) is 2.64. The van der Waals surface area contributed by atoms with Gasteiger partial charge in [0.15, 0.2) is 0 Å². The predicted octanol–water partition coefficient (Wildman–Crippen LogP) is 2.66. The molecule has 1 aromatic carbocycles. The molecule has 96 valence electrons. The molecule has 0 spiro atoms. The summed E-state index contributed by atoms with van der Waals surface area (Å²) in [7, 11) is 0. The smallest absolute Gasteiger partial charge is 0.269 e. The van der Waals surface area contributed by atoms with Crippen LogP contribution in [0.15, 0.2) is 33.7 Å². The van der Waals surface area contributed by atoms with Crippen molar-refractivity contribution in [3.8, 4) is 0 Å². The van der Waals surface area contributed by atoms with Crippen LogP contribution in [0.25, 0.3) is 0 Å². The zero-order valence-corrected chi connectivity index (χ0v) is 11.7. The van der Waals surface area contributed by atoms with Gasteiger partial charge in [-0.25, -0.2) is 0 Å². The summed E-state index contributed by atoms with van der Waals surface area (Å²) in [6.45, 7) is 0.842. The standard InChI is InChI=1S/C13H16BrN3O/c14-11-6-4-5-10(9-11)13(18)17-16-12-7-2-1-3-8-15-12/h4-6,9H,1-3,7-8H2,(H,15,16)(H,17,18). The van der Waals surface area contributed by atoms with Gasteiger partial charge in [-0.2, -0.15) is 0 Å². The average molecular weight is 310 g/mol. The van der Waals surface area contributed by atoms with Gasteiger partial charge in [-0.15, -0.1) is 0 Å². The quantitative estimate of drug-likeness (QED) is 0.784. The third-order valence-electron chi connectivity index (χ3n) is 2.78. The lowest BCUT2D eigenvalue weighted by Gasteiger charge is -2.10. The molecule has 2 N–H and O–H groups in total. The minimum absolute atomic E-state index is 0.150. The fourth-order valence-electron chi connectivity index (χ4n) is 1.81. The van der Waals surface area contributed by atoms with Crippen molar-refractivity contribution in [2.75, 3.05) is 6.54 Å². The zero-order valence-electron chi connectivity index (χ0n) is 10.1. The molecule has 0 atom stereocenters. The van der Waals surface area contributed by atoms with Crippen LogP contribution < -0.4 is 10.9 Å². The van der Waals surface area contributed by atoms with Crippen molar-refractivity contribution >= 4 is 27.7 Å². The number of benzene rings is 1. The van der Waals surface area contributed by atoms with Crippen molar-refractivity contribution < 1.29 is 4.79 Å². The zero-order chi connectivity index (χ0) is 12.8. The van der Waals surface area contributed by atoms with Gasteiger partial charge in [0.25, 0.3) is 5.91 Å². The minimum Gasteiger partial charge on any atom is -0.285 e. The second-order valence-electron chi connectivity index (χ2n) is 4.23. The van der Waals surface area contributed by atoms with E-state index in [9.17, 15) is 4.79 Å². The number of halogens is 1. The van der Waals surface area contributed by atoms with Gasteiger partial charge in [0, 0.05) is 23.0 Å². The molecule has 0 aromatic heterocycles. The van der Waals surface area contributed by atoms with Gasteiger partial charge in [-0.1, -0.05) is 28.4 Å². The maximum Gasteiger partial charge on any atom is 0.269 e. The summed E-state index contributed by atoms with van der Waals surface area (Å²) in [6, 6.07) is 7.28. The monoisotopic (exact) mass is 309 g/mol. The van der Waals surface area contributed by atoms with Gasteiger partial charge in [0.05, 0.1) is 0 Å². The molecule has 0 saturated carbocycles. The normalized spacial score (nSPS) is 15.5. The Morgan fingerprint density at radius 2 is 2.17 bits per heavy atom. The van der Waals surface area contributed by atoms with E-state index in [4.69, 9.17) is 0 Å². The molecule has 5 heteroatoms. The Morgan fingerprint density at radius 1 is 1.28 bits per heavy atom. The number of amidine groups is 1. The Kier molecular flexibility index (Phi) is 4.75. The Bertz CT molecular complexity index is 459. The van der Waals surface area contributed by atoms with Gasteiger partial charge in [0.1, 0.15) is 5.84 Å². The lowest BCUT2D eigenvalue weighted by Crippen LogP contribution is -2.41. The SMILES string of the molecule is O=C(NNC1=NCCCCC1)c1cccc(Br)c1. The molecular weight excluding hydrogens is 294 g/mol. The fourth-order valence-corrected chi connectivity index (χ4v) is 2.21. The lowest BCUT2D eigenvalue weighted by atomic mass is 10.2. The van der Waals surface area contributed by atoms with E-state index in [1.54, 1.807) is 12.1 Å². The van der Waals surface area contributed by atoms with Crippen molar-refractivity contribution in [3.05, 3.63) is 34.3 Å². The molecule has 0 fully saturated rings. The summed E-state index contributed by atoms with van der Waals surface area (Å²) < 4.78 is 0.891. The number of hydrazine groups is 1. The van der Waals surface area contributed by atoms with Gasteiger partial charge in [-0.3, -0.25) is 20.6 Å². The van der Waals surface area contributed by atoms with Crippen LogP contribution in [0.4, 0.5) is 0 Å². The first-order chi connectivity index (χ1) is 8.75. The molecule has 0 radical (unpaired) electrons. The first kappa shape index (κ1) is 13.1. The van der Waals surface area contributed by atoms with E-state index in [2.05, 4.69) is 31.8 Å². The molecule has 0 aliphatic carbocycles. The van der Waals surface area contributed by atoms with Gasteiger partial charge in [-0.05, 0) is 31.0 Å². The van der Waals surface area contributed by atoms with E-state index in [0.717, 1.165) is 36.1 Å². The van der Waals surface area contributed by atoms with Gasteiger partial charge < -0.3 is 0 Å². The number of hydrogen-bond acceptors (Lipinski definition) is 3. The molecule has 1 heterocycles. The third kappa shape index (κ3) is 3.84. The van der Waals surface area contributed by atoms with Crippen LogP contribution in [0.1, 0.15) is 36.0 Å². The Balaban J connectivity index is 1.90. The molecule has 18 heavy (non-hydrogen) atoms.